The molecule has 0 fully saturated rings. The van der Waals surface area contributed by atoms with Gasteiger partial charge < -0.3 is 15.4 Å². The molecular weight excluding hydrogens is 248 g/mol. The topological polar surface area (TPSA) is 99.3 Å². The summed E-state index contributed by atoms with van der Waals surface area (Å²) in [5, 5.41) is 11.7. The van der Waals surface area contributed by atoms with E-state index in [4.69, 9.17) is 5.11 Å². The van der Waals surface area contributed by atoms with Crippen LogP contribution in [0.2, 0.25) is 0 Å². The van der Waals surface area contributed by atoms with E-state index in [9.17, 15) is 14.4 Å². The van der Waals surface area contributed by atoms with Crippen molar-refractivity contribution in [3.05, 3.63) is 46.2 Å². The molecule has 6 nitrogen and oxygen atoms in total. The summed E-state index contributed by atoms with van der Waals surface area (Å²) in [5.74, 6) is -1.72. The second kappa shape index (κ2) is 4.93. The highest BCUT2D eigenvalue weighted by Crippen LogP contribution is 2.14. The summed E-state index contributed by atoms with van der Waals surface area (Å²) in [6.07, 6.45) is 0. The van der Waals surface area contributed by atoms with Gasteiger partial charge >= 0.3 is 5.97 Å². The lowest BCUT2D eigenvalue weighted by atomic mass is 10.1. The number of H-pyrrole nitrogens is 1. The first kappa shape index (κ1) is 12.8. The van der Waals surface area contributed by atoms with Crippen molar-refractivity contribution in [2.45, 2.75) is 13.0 Å². The first-order chi connectivity index (χ1) is 8.99. The average molecular weight is 260 g/mol. The number of carboxylic acid groups (broad SMARTS) is 1. The van der Waals surface area contributed by atoms with E-state index in [1.807, 2.05) is 0 Å². The van der Waals surface area contributed by atoms with Crippen molar-refractivity contribution in [1.82, 2.24) is 10.3 Å². The number of rotatable bonds is 3. The van der Waals surface area contributed by atoms with Crippen LogP contribution in [-0.4, -0.2) is 28.0 Å². The molecule has 0 bridgehead atoms. The molecule has 1 heterocycles. The van der Waals surface area contributed by atoms with Crippen molar-refractivity contribution in [2.75, 3.05) is 0 Å². The van der Waals surface area contributed by atoms with Crippen LogP contribution >= 0.6 is 0 Å². The van der Waals surface area contributed by atoms with Crippen LogP contribution in [0.4, 0.5) is 0 Å². The van der Waals surface area contributed by atoms with Gasteiger partial charge in [-0.05, 0) is 13.0 Å². The number of aromatic nitrogens is 1. The molecule has 0 radical (unpaired) electrons. The fraction of sp³-hybridized carbons (Fsp3) is 0.154. The van der Waals surface area contributed by atoms with Gasteiger partial charge in [0.2, 0.25) is 5.56 Å². The highest BCUT2D eigenvalue weighted by molar-refractivity contribution is 6.06. The van der Waals surface area contributed by atoms with E-state index in [1.165, 1.54) is 6.92 Å². The van der Waals surface area contributed by atoms with Crippen molar-refractivity contribution in [1.29, 1.82) is 0 Å². The molecular formula is C13H12N2O4. The van der Waals surface area contributed by atoms with Crippen LogP contribution in [0.15, 0.2) is 35.1 Å². The number of aromatic amines is 1. The second-order valence-electron chi connectivity index (χ2n) is 4.13. The summed E-state index contributed by atoms with van der Waals surface area (Å²) >= 11 is 0. The SMILES string of the molecule is C[C@H](NC(=O)c1cc(=O)[nH]c2ccccc12)C(=O)O. The molecule has 0 unspecified atom stereocenters. The zero-order valence-corrected chi connectivity index (χ0v) is 10.1. The van der Waals surface area contributed by atoms with Gasteiger partial charge in [0.15, 0.2) is 0 Å². The quantitative estimate of drug-likeness (QED) is 0.757. The maximum absolute atomic E-state index is 12.0. The van der Waals surface area contributed by atoms with E-state index >= 15 is 0 Å². The predicted octanol–water partition coefficient (Wildman–Crippen LogP) is 0.731. The number of para-hydroxylation sites is 1. The summed E-state index contributed by atoms with van der Waals surface area (Å²) in [5.41, 5.74) is 0.280. The fourth-order valence-electron chi connectivity index (χ4n) is 1.73. The number of hydrogen-bond acceptors (Lipinski definition) is 3. The third-order valence-corrected chi connectivity index (χ3v) is 2.71. The predicted molar refractivity (Wildman–Crippen MR) is 69.1 cm³/mol. The Morgan fingerprint density at radius 2 is 2.00 bits per heavy atom. The van der Waals surface area contributed by atoms with Crippen LogP contribution in [0.1, 0.15) is 17.3 Å². The second-order valence-corrected chi connectivity index (χ2v) is 4.13. The number of carbonyl (C=O) groups excluding carboxylic acids is 1. The van der Waals surface area contributed by atoms with Gasteiger partial charge in [0.05, 0.1) is 5.56 Å². The lowest BCUT2D eigenvalue weighted by molar-refractivity contribution is -0.138. The Bertz CT molecular complexity index is 705. The van der Waals surface area contributed by atoms with Crippen molar-refractivity contribution >= 4 is 22.8 Å². The van der Waals surface area contributed by atoms with E-state index in [-0.39, 0.29) is 5.56 Å². The Labute approximate surface area is 108 Å². The maximum Gasteiger partial charge on any atom is 0.325 e. The van der Waals surface area contributed by atoms with E-state index in [0.29, 0.717) is 10.9 Å². The van der Waals surface area contributed by atoms with Gasteiger partial charge in [-0.1, -0.05) is 18.2 Å². The lowest BCUT2D eigenvalue weighted by Crippen LogP contribution is -2.38. The molecule has 1 aromatic heterocycles. The Kier molecular flexibility index (Phi) is 3.33. The van der Waals surface area contributed by atoms with Gasteiger partial charge in [-0.2, -0.15) is 0 Å². The molecule has 2 aromatic rings. The molecule has 2 rings (SSSR count). The van der Waals surface area contributed by atoms with Gasteiger partial charge in [-0.3, -0.25) is 14.4 Å². The number of aliphatic carboxylic acids is 1. The molecule has 0 spiro atoms. The molecule has 0 aliphatic heterocycles. The minimum atomic E-state index is -1.14. The van der Waals surface area contributed by atoms with Gasteiger partial charge in [0.25, 0.3) is 5.91 Å². The summed E-state index contributed by atoms with van der Waals surface area (Å²) in [6.45, 7) is 1.36. The summed E-state index contributed by atoms with van der Waals surface area (Å²) < 4.78 is 0. The van der Waals surface area contributed by atoms with Crippen molar-refractivity contribution < 1.29 is 14.7 Å². The smallest absolute Gasteiger partial charge is 0.325 e. The number of fused-ring (bicyclic) bond motifs is 1. The average Bonchev–Trinajstić information content (AvgIpc) is 2.37. The largest absolute Gasteiger partial charge is 0.480 e. The third-order valence-electron chi connectivity index (χ3n) is 2.71. The molecule has 19 heavy (non-hydrogen) atoms. The lowest BCUT2D eigenvalue weighted by Gasteiger charge is -2.10. The molecule has 0 aliphatic rings. The van der Waals surface area contributed by atoms with Gasteiger partial charge in [0.1, 0.15) is 6.04 Å². The zero-order valence-electron chi connectivity index (χ0n) is 10.1. The Morgan fingerprint density at radius 1 is 1.32 bits per heavy atom. The Morgan fingerprint density at radius 3 is 2.68 bits per heavy atom. The standard InChI is InChI=1S/C13H12N2O4/c1-7(13(18)19)14-12(17)9-6-11(16)15-10-5-3-2-4-8(9)10/h2-7H,1H3,(H,14,17)(H,15,16)(H,18,19)/t7-/m0/s1. The molecule has 1 aromatic carbocycles. The molecule has 3 N–H and O–H groups in total. The highest BCUT2D eigenvalue weighted by Gasteiger charge is 2.17. The number of carboxylic acids is 1. The number of pyridine rings is 1. The first-order valence-electron chi connectivity index (χ1n) is 5.65. The molecule has 0 saturated heterocycles. The molecule has 98 valence electrons. The fourth-order valence-corrected chi connectivity index (χ4v) is 1.73. The number of amides is 1. The van der Waals surface area contributed by atoms with E-state index in [2.05, 4.69) is 10.3 Å². The zero-order chi connectivity index (χ0) is 14.0. The van der Waals surface area contributed by atoms with Gasteiger partial charge in [-0.15, -0.1) is 0 Å². The van der Waals surface area contributed by atoms with Crippen molar-refractivity contribution in [3.8, 4) is 0 Å². The third kappa shape index (κ3) is 2.62. The number of carbonyl (C=O) groups is 2. The number of hydrogen-bond donors (Lipinski definition) is 3. The molecule has 0 saturated carbocycles. The minimum Gasteiger partial charge on any atom is -0.480 e. The van der Waals surface area contributed by atoms with Crippen LogP contribution in [-0.2, 0) is 4.79 Å². The Balaban J connectivity index is 2.47. The van der Waals surface area contributed by atoms with Crippen LogP contribution in [0.25, 0.3) is 10.9 Å². The number of benzene rings is 1. The van der Waals surface area contributed by atoms with Crippen LogP contribution < -0.4 is 10.9 Å². The normalized spacial score (nSPS) is 12.1. The Hall–Kier alpha value is -2.63. The summed E-state index contributed by atoms with van der Waals surface area (Å²) in [4.78, 5) is 36.8. The molecule has 1 amide bonds. The van der Waals surface area contributed by atoms with E-state index < -0.39 is 23.5 Å². The van der Waals surface area contributed by atoms with Crippen molar-refractivity contribution in [3.63, 3.8) is 0 Å². The van der Waals surface area contributed by atoms with E-state index in [0.717, 1.165) is 6.07 Å². The molecule has 0 aliphatic carbocycles. The monoisotopic (exact) mass is 260 g/mol. The van der Waals surface area contributed by atoms with E-state index in [1.54, 1.807) is 24.3 Å². The van der Waals surface area contributed by atoms with Gasteiger partial charge in [-0.25, -0.2) is 0 Å². The minimum absolute atomic E-state index is 0.160. The maximum atomic E-state index is 12.0. The molecule has 1 atom stereocenters. The van der Waals surface area contributed by atoms with Gasteiger partial charge in [0, 0.05) is 17.0 Å². The highest BCUT2D eigenvalue weighted by atomic mass is 16.4. The molecule has 6 heteroatoms. The van der Waals surface area contributed by atoms with Crippen LogP contribution in [0.5, 0.6) is 0 Å². The van der Waals surface area contributed by atoms with Crippen LogP contribution in [0, 0.1) is 0 Å². The summed E-state index contributed by atoms with van der Waals surface area (Å²) in [7, 11) is 0. The van der Waals surface area contributed by atoms with Crippen molar-refractivity contribution in [2.24, 2.45) is 0 Å². The van der Waals surface area contributed by atoms with Crippen LogP contribution in [0.3, 0.4) is 0 Å². The summed E-state index contributed by atoms with van der Waals surface area (Å²) in [6, 6.07) is 6.97. The number of nitrogens with one attached hydrogen (secondary N) is 2. The first-order valence-corrected chi connectivity index (χ1v) is 5.65.